The number of carbonyl (C=O) groups is 1. The molecule has 7 heteroatoms. The second kappa shape index (κ2) is 6.58. The summed E-state index contributed by atoms with van der Waals surface area (Å²) in [4.78, 5) is 13.7. The van der Waals surface area contributed by atoms with Gasteiger partial charge in [-0.1, -0.05) is 12.7 Å². The molecule has 1 N–H and O–H groups in total. The van der Waals surface area contributed by atoms with Crippen LogP contribution in [0, 0.1) is 5.41 Å². The van der Waals surface area contributed by atoms with Crippen LogP contribution in [-0.4, -0.2) is 55.1 Å². The van der Waals surface area contributed by atoms with Crippen LogP contribution in [0.4, 0.5) is 8.78 Å². The summed E-state index contributed by atoms with van der Waals surface area (Å²) in [6, 6.07) is -0.987. The Bertz CT molecular complexity index is 404. The van der Waals surface area contributed by atoms with E-state index < -0.39 is 17.4 Å². The molecule has 2 aliphatic rings. The predicted molar refractivity (Wildman–Crippen MR) is 78.9 cm³/mol. The first-order valence-electron chi connectivity index (χ1n) is 6.91. The molecule has 4 nitrogen and oxygen atoms in total. The maximum absolute atomic E-state index is 13.9. The number of likely N-dealkylation sites (tertiary alicyclic amines) is 1. The number of nitrogens with zero attached hydrogens (tertiary/aromatic N) is 1. The highest BCUT2D eigenvalue weighted by atomic mass is 35.5. The van der Waals surface area contributed by atoms with Gasteiger partial charge in [-0.15, -0.1) is 12.4 Å². The van der Waals surface area contributed by atoms with Crippen LogP contribution in [0.2, 0.25) is 0 Å². The maximum atomic E-state index is 13.9. The van der Waals surface area contributed by atoms with Gasteiger partial charge >= 0.3 is 5.97 Å². The van der Waals surface area contributed by atoms with Gasteiger partial charge in [-0.05, 0) is 20.3 Å². The van der Waals surface area contributed by atoms with E-state index in [1.807, 2.05) is 0 Å². The molecule has 0 aromatic carbocycles. The first-order valence-corrected chi connectivity index (χ1v) is 6.91. The molecule has 0 saturated carbocycles. The number of rotatable bonds is 5. The first-order chi connectivity index (χ1) is 9.28. The highest BCUT2D eigenvalue weighted by Gasteiger charge is 2.56. The average molecular weight is 325 g/mol. The molecule has 2 heterocycles. The van der Waals surface area contributed by atoms with Crippen LogP contribution in [0.15, 0.2) is 12.7 Å². The van der Waals surface area contributed by atoms with Gasteiger partial charge in [0.15, 0.2) is 0 Å². The third kappa shape index (κ3) is 3.73. The Balaban J connectivity index is 0.00000220. The van der Waals surface area contributed by atoms with Crippen molar-refractivity contribution in [1.82, 2.24) is 10.2 Å². The summed E-state index contributed by atoms with van der Waals surface area (Å²) in [5.41, 5.74) is -0.809. The van der Waals surface area contributed by atoms with Crippen molar-refractivity contribution in [3.05, 3.63) is 12.7 Å². The highest BCUT2D eigenvalue weighted by molar-refractivity contribution is 5.85. The van der Waals surface area contributed by atoms with E-state index in [1.54, 1.807) is 18.7 Å². The molecule has 2 aliphatic heterocycles. The number of ether oxygens (including phenoxy) is 1. The van der Waals surface area contributed by atoms with Gasteiger partial charge in [0.1, 0.15) is 6.61 Å². The molecule has 2 saturated heterocycles. The summed E-state index contributed by atoms with van der Waals surface area (Å²) in [6.45, 7) is 7.67. The van der Waals surface area contributed by atoms with Gasteiger partial charge in [0.25, 0.3) is 5.92 Å². The van der Waals surface area contributed by atoms with E-state index in [9.17, 15) is 13.6 Å². The number of nitrogens with one attached hydrogen (secondary N) is 1. The molecule has 122 valence electrons. The van der Waals surface area contributed by atoms with Crippen molar-refractivity contribution in [2.75, 3.05) is 26.2 Å². The molecule has 0 aliphatic carbocycles. The maximum Gasteiger partial charge on any atom is 0.313 e. The molecule has 2 fully saturated rings. The van der Waals surface area contributed by atoms with E-state index >= 15 is 0 Å². The third-order valence-corrected chi connectivity index (χ3v) is 4.02. The molecule has 2 atom stereocenters. The molecular formula is C14H23ClF2N2O2. The fourth-order valence-corrected chi connectivity index (χ4v) is 3.08. The van der Waals surface area contributed by atoms with Crippen molar-refractivity contribution in [3.8, 4) is 0 Å². The summed E-state index contributed by atoms with van der Waals surface area (Å²) in [5.74, 6) is -3.11. The van der Waals surface area contributed by atoms with Crippen LogP contribution < -0.4 is 5.32 Å². The number of halogens is 3. The van der Waals surface area contributed by atoms with Crippen LogP contribution in [0.1, 0.15) is 20.3 Å². The van der Waals surface area contributed by atoms with Crippen LogP contribution in [-0.2, 0) is 9.53 Å². The Morgan fingerprint density at radius 3 is 2.86 bits per heavy atom. The summed E-state index contributed by atoms with van der Waals surface area (Å²) in [7, 11) is 0. The molecule has 0 radical (unpaired) electrons. The molecule has 0 aromatic rings. The molecule has 0 unspecified atom stereocenters. The first kappa shape index (κ1) is 18.3. The lowest BCUT2D eigenvalue weighted by molar-refractivity contribution is -0.154. The van der Waals surface area contributed by atoms with Gasteiger partial charge in [-0.2, -0.15) is 0 Å². The van der Waals surface area contributed by atoms with Crippen LogP contribution >= 0.6 is 12.4 Å². The Hall–Kier alpha value is -0.720. The number of carbonyl (C=O) groups excluding carboxylic acids is 1. The van der Waals surface area contributed by atoms with Crippen molar-refractivity contribution >= 4 is 18.4 Å². The number of alkyl halides is 2. The van der Waals surface area contributed by atoms with Gasteiger partial charge in [0.05, 0.1) is 18.0 Å². The Morgan fingerprint density at radius 2 is 2.24 bits per heavy atom. The standard InChI is InChI=1S/C14H22F2N2O2.ClH/c1-4-7-20-12(19)13(2,3)9-18-6-5-10-11(18)14(15,16)8-17-10;/h4,10-11,17H,1,5-9H2,2-3H3;1H/t10-,11+;/m0./s1. The summed E-state index contributed by atoms with van der Waals surface area (Å²) in [6.07, 6.45) is 2.19. The second-order valence-corrected chi connectivity index (χ2v) is 6.22. The zero-order valence-corrected chi connectivity index (χ0v) is 13.2. The molecule has 0 amide bonds. The molecule has 0 bridgehead atoms. The van der Waals surface area contributed by atoms with Gasteiger partial charge in [0.2, 0.25) is 0 Å². The van der Waals surface area contributed by atoms with Crippen LogP contribution in [0.5, 0.6) is 0 Å². The number of hydrogen-bond acceptors (Lipinski definition) is 4. The highest BCUT2D eigenvalue weighted by Crippen LogP contribution is 2.37. The lowest BCUT2D eigenvalue weighted by Gasteiger charge is -2.33. The molecule has 0 spiro atoms. The van der Waals surface area contributed by atoms with Gasteiger partial charge in [-0.3, -0.25) is 9.69 Å². The number of hydrogen-bond donors (Lipinski definition) is 1. The molecule has 0 aromatic heterocycles. The summed E-state index contributed by atoms with van der Waals surface area (Å²) >= 11 is 0. The zero-order valence-electron chi connectivity index (χ0n) is 12.4. The monoisotopic (exact) mass is 324 g/mol. The van der Waals surface area contributed by atoms with E-state index in [-0.39, 0.29) is 44.1 Å². The van der Waals surface area contributed by atoms with Crippen molar-refractivity contribution in [3.63, 3.8) is 0 Å². The van der Waals surface area contributed by atoms with Gasteiger partial charge < -0.3 is 10.1 Å². The molecular weight excluding hydrogens is 302 g/mol. The fraction of sp³-hybridized carbons (Fsp3) is 0.786. The normalized spacial score (nSPS) is 27.8. The predicted octanol–water partition coefficient (Wildman–Crippen LogP) is 1.84. The Kier molecular flexibility index (Phi) is 5.75. The second-order valence-electron chi connectivity index (χ2n) is 6.22. The molecule has 21 heavy (non-hydrogen) atoms. The Morgan fingerprint density at radius 1 is 1.57 bits per heavy atom. The van der Waals surface area contributed by atoms with Crippen LogP contribution in [0.25, 0.3) is 0 Å². The molecule has 2 rings (SSSR count). The van der Waals surface area contributed by atoms with E-state index in [0.29, 0.717) is 13.0 Å². The van der Waals surface area contributed by atoms with E-state index in [2.05, 4.69) is 11.9 Å². The van der Waals surface area contributed by atoms with E-state index in [1.165, 1.54) is 6.08 Å². The topological polar surface area (TPSA) is 41.6 Å². The lowest BCUT2D eigenvalue weighted by atomic mass is 9.92. The van der Waals surface area contributed by atoms with Crippen molar-refractivity contribution in [1.29, 1.82) is 0 Å². The zero-order chi connectivity index (χ0) is 15.0. The SMILES string of the molecule is C=CCOC(=O)C(C)(C)CN1CC[C@@H]2NCC(F)(F)[C@@H]21.Cl. The van der Waals surface area contributed by atoms with E-state index in [4.69, 9.17) is 4.74 Å². The lowest BCUT2D eigenvalue weighted by Crippen LogP contribution is -2.50. The third-order valence-electron chi connectivity index (χ3n) is 4.02. The van der Waals surface area contributed by atoms with Gasteiger partial charge in [0, 0.05) is 19.1 Å². The largest absolute Gasteiger partial charge is 0.461 e. The van der Waals surface area contributed by atoms with Gasteiger partial charge in [-0.25, -0.2) is 8.78 Å². The smallest absolute Gasteiger partial charge is 0.313 e. The average Bonchev–Trinajstić information content (AvgIpc) is 2.88. The Labute approximate surface area is 130 Å². The van der Waals surface area contributed by atoms with Crippen molar-refractivity contribution < 1.29 is 18.3 Å². The van der Waals surface area contributed by atoms with Crippen LogP contribution in [0.3, 0.4) is 0 Å². The minimum absolute atomic E-state index is 0. The minimum atomic E-state index is -2.73. The summed E-state index contributed by atoms with van der Waals surface area (Å²) < 4.78 is 32.8. The number of esters is 1. The summed E-state index contributed by atoms with van der Waals surface area (Å²) in [5, 5.41) is 2.87. The van der Waals surface area contributed by atoms with E-state index in [0.717, 1.165) is 0 Å². The minimum Gasteiger partial charge on any atom is -0.461 e. The quantitative estimate of drug-likeness (QED) is 0.619. The fourth-order valence-electron chi connectivity index (χ4n) is 3.08. The number of fused-ring (bicyclic) bond motifs is 1. The van der Waals surface area contributed by atoms with Crippen molar-refractivity contribution in [2.24, 2.45) is 5.41 Å². The van der Waals surface area contributed by atoms with Crippen molar-refractivity contribution in [2.45, 2.75) is 38.3 Å².